The van der Waals surface area contributed by atoms with Crippen molar-refractivity contribution >= 4 is 106 Å². The van der Waals surface area contributed by atoms with Crippen LogP contribution in [0.2, 0.25) is 0 Å². The Kier molecular flexibility index (Phi) is 6.03. The fraction of sp³-hybridized carbons (Fsp3) is 0.164. The molecule has 14 rings (SSSR count). The van der Waals surface area contributed by atoms with E-state index in [0.717, 1.165) is 67.1 Å². The van der Waals surface area contributed by atoms with E-state index in [4.69, 9.17) is 8.83 Å². The number of aryl methyl sites for hydroxylation is 1. The highest BCUT2D eigenvalue weighted by Gasteiger charge is 2.48. The molecule has 8 aromatic carbocycles. The van der Waals surface area contributed by atoms with Crippen molar-refractivity contribution in [3.8, 4) is 16.8 Å². The maximum Gasteiger partial charge on any atom is 0.333 e. The van der Waals surface area contributed by atoms with Crippen LogP contribution in [-0.2, 0) is 10.8 Å². The van der Waals surface area contributed by atoms with Crippen LogP contribution in [0.25, 0.3) is 93.3 Å². The summed E-state index contributed by atoms with van der Waals surface area (Å²) < 4.78 is 16.8. The summed E-state index contributed by atoms with van der Waals surface area (Å²) in [6, 6.07) is 49.7. The largest absolute Gasteiger partial charge is 0.455 e. The normalized spacial score (nSPS) is 16.1. The third kappa shape index (κ3) is 3.95. The molecule has 0 bridgehead atoms. The number of para-hydroxylation sites is 3. The average molecular weight is 773 g/mol. The van der Waals surface area contributed by atoms with Crippen LogP contribution in [0, 0.1) is 6.92 Å². The lowest BCUT2D eigenvalue weighted by molar-refractivity contribution is 0.332. The minimum Gasteiger partial charge on any atom is -0.455 e. The van der Waals surface area contributed by atoms with Crippen LogP contribution in [-0.4, -0.2) is 11.4 Å². The summed E-state index contributed by atoms with van der Waals surface area (Å²) in [6.07, 6.45) is 2.33. The summed E-state index contributed by atoms with van der Waals surface area (Å²) in [6.45, 7) is 11.9. The molecule has 0 unspecified atom stereocenters. The Hall–Kier alpha value is -6.72. The zero-order valence-electron chi connectivity index (χ0n) is 34.4. The Labute approximate surface area is 347 Å². The standard InChI is InChI=1S/C55H41BN2O2/c1-30-27-39-40(55(4,5)26-25-54(39,2)3)29-43(30)58-42-24-23-37-33-15-8-10-19-45(33)59-52(37)47(42)48-49-44(28-38-34-16-9-11-20-46(34)60-53(38)48)57-50-32-14-7-6-13-31(32)21-22-36(50)35-17-12-18-41(51(35)57)56(49)58/h6-24,27-29H,25-26H2,1-5H3. The Morgan fingerprint density at radius 3 is 1.88 bits per heavy atom. The molecular formula is C55H41BN2O2. The van der Waals surface area contributed by atoms with Crippen molar-refractivity contribution in [2.75, 3.05) is 4.81 Å². The molecule has 0 radical (unpaired) electrons. The first-order chi connectivity index (χ1) is 29.2. The number of anilines is 2. The Morgan fingerprint density at radius 2 is 1.12 bits per heavy atom. The van der Waals surface area contributed by atoms with Gasteiger partial charge in [-0.05, 0) is 100.0 Å². The molecule has 0 spiro atoms. The summed E-state index contributed by atoms with van der Waals surface area (Å²) in [7, 11) is 0. The molecule has 3 aliphatic rings. The highest BCUT2D eigenvalue weighted by atomic mass is 16.3. The molecule has 0 amide bonds. The Balaban J connectivity index is 1.23. The first-order valence-electron chi connectivity index (χ1n) is 21.5. The van der Waals surface area contributed by atoms with E-state index in [-0.39, 0.29) is 17.7 Å². The molecule has 0 saturated heterocycles. The van der Waals surface area contributed by atoms with Crippen molar-refractivity contribution in [2.45, 2.75) is 58.3 Å². The van der Waals surface area contributed by atoms with Crippen molar-refractivity contribution in [1.82, 2.24) is 4.57 Å². The van der Waals surface area contributed by atoms with E-state index in [2.05, 4.69) is 177 Å². The molecule has 0 saturated carbocycles. The lowest BCUT2D eigenvalue weighted by atomic mass is 9.43. The molecule has 0 N–H and O–H groups in total. The van der Waals surface area contributed by atoms with E-state index >= 15 is 0 Å². The topological polar surface area (TPSA) is 34.5 Å². The molecule has 5 heteroatoms. The highest BCUT2D eigenvalue weighted by molar-refractivity contribution is 6.94. The quantitative estimate of drug-likeness (QED) is 0.156. The highest BCUT2D eigenvalue weighted by Crippen LogP contribution is 2.54. The van der Waals surface area contributed by atoms with Gasteiger partial charge in [0.25, 0.3) is 0 Å². The van der Waals surface area contributed by atoms with Crippen LogP contribution in [0.5, 0.6) is 0 Å². The third-order valence-corrected chi connectivity index (χ3v) is 14.9. The maximum atomic E-state index is 7.12. The van der Waals surface area contributed by atoms with Crippen molar-refractivity contribution in [2.24, 2.45) is 0 Å². The maximum absolute atomic E-state index is 7.12. The smallest absolute Gasteiger partial charge is 0.333 e. The van der Waals surface area contributed by atoms with Crippen molar-refractivity contribution in [3.63, 3.8) is 0 Å². The van der Waals surface area contributed by atoms with Crippen LogP contribution in [0.3, 0.4) is 0 Å². The lowest BCUT2D eigenvalue weighted by Crippen LogP contribution is -2.60. The molecule has 5 heterocycles. The molecular weight excluding hydrogens is 731 g/mol. The second kappa shape index (κ2) is 10.9. The van der Waals surface area contributed by atoms with Crippen molar-refractivity contribution in [3.05, 3.63) is 150 Å². The predicted octanol–water partition coefficient (Wildman–Crippen LogP) is 13.6. The van der Waals surface area contributed by atoms with Crippen molar-refractivity contribution < 1.29 is 8.83 Å². The number of rotatable bonds is 1. The summed E-state index contributed by atoms with van der Waals surface area (Å²) in [5.74, 6) is 0. The fourth-order valence-electron chi connectivity index (χ4n) is 11.9. The molecule has 2 aliphatic heterocycles. The molecule has 60 heavy (non-hydrogen) atoms. The van der Waals surface area contributed by atoms with E-state index < -0.39 is 0 Å². The summed E-state index contributed by atoms with van der Waals surface area (Å²) in [5.41, 5.74) is 18.8. The van der Waals surface area contributed by atoms with E-state index in [1.54, 1.807) is 0 Å². The third-order valence-electron chi connectivity index (χ3n) is 14.9. The number of nitrogens with zero attached hydrogens (tertiary/aromatic N) is 2. The monoisotopic (exact) mass is 772 g/mol. The summed E-state index contributed by atoms with van der Waals surface area (Å²) in [5, 5.41) is 9.52. The first-order valence-corrected chi connectivity index (χ1v) is 21.5. The number of hydrogen-bond acceptors (Lipinski definition) is 3. The van der Waals surface area contributed by atoms with Gasteiger partial charge in [-0.3, -0.25) is 0 Å². The molecule has 11 aromatic rings. The second-order valence-electron chi connectivity index (χ2n) is 19.1. The number of fused-ring (bicyclic) bond motifs is 18. The first kappa shape index (κ1) is 33.2. The SMILES string of the molecule is Cc1cc2c(cc1N1B3c4c(cc5c(oc6ccccc65)c4-c4c1ccc1c4oc4ccccc41)-n1c4c3cccc4c3ccc4ccccc4c31)C(C)(C)CCC2(C)C. The van der Waals surface area contributed by atoms with Gasteiger partial charge in [0.05, 0.1) is 16.6 Å². The molecule has 0 fully saturated rings. The van der Waals surface area contributed by atoms with Gasteiger partial charge in [-0.2, -0.15) is 0 Å². The van der Waals surface area contributed by atoms with Gasteiger partial charge in [0.2, 0.25) is 0 Å². The van der Waals surface area contributed by atoms with Crippen LogP contribution < -0.4 is 15.7 Å². The van der Waals surface area contributed by atoms with Gasteiger partial charge in [0.15, 0.2) is 0 Å². The van der Waals surface area contributed by atoms with E-state index in [9.17, 15) is 0 Å². The predicted molar refractivity (Wildman–Crippen MR) is 252 cm³/mol. The van der Waals surface area contributed by atoms with E-state index in [1.807, 2.05) is 0 Å². The van der Waals surface area contributed by atoms with E-state index in [0.29, 0.717) is 0 Å². The zero-order valence-corrected chi connectivity index (χ0v) is 34.4. The van der Waals surface area contributed by atoms with Gasteiger partial charge in [-0.25, -0.2) is 0 Å². The molecule has 3 aromatic heterocycles. The molecule has 286 valence electrons. The van der Waals surface area contributed by atoms with Gasteiger partial charge in [0.1, 0.15) is 22.3 Å². The second-order valence-corrected chi connectivity index (χ2v) is 19.1. The fourth-order valence-corrected chi connectivity index (χ4v) is 11.9. The molecule has 0 atom stereocenters. The van der Waals surface area contributed by atoms with Gasteiger partial charge in [-0.1, -0.05) is 125 Å². The van der Waals surface area contributed by atoms with Crippen LogP contribution in [0.15, 0.2) is 142 Å². The van der Waals surface area contributed by atoms with Crippen LogP contribution >= 0.6 is 0 Å². The minimum absolute atomic E-state index is 0.0399. The van der Waals surface area contributed by atoms with Crippen LogP contribution in [0.1, 0.15) is 57.2 Å². The van der Waals surface area contributed by atoms with Gasteiger partial charge >= 0.3 is 6.85 Å². The number of benzene rings is 8. The van der Waals surface area contributed by atoms with Gasteiger partial charge < -0.3 is 18.2 Å². The Bertz CT molecular complexity index is 3760. The van der Waals surface area contributed by atoms with Gasteiger partial charge in [0, 0.05) is 60.3 Å². The van der Waals surface area contributed by atoms with Crippen molar-refractivity contribution in [1.29, 1.82) is 0 Å². The zero-order chi connectivity index (χ0) is 40.0. The lowest BCUT2D eigenvalue weighted by Gasteiger charge is -2.45. The molecule has 4 nitrogen and oxygen atoms in total. The van der Waals surface area contributed by atoms with Crippen LogP contribution in [0.4, 0.5) is 11.4 Å². The number of aromatic nitrogens is 1. The summed E-state index contributed by atoms with van der Waals surface area (Å²) >= 11 is 0. The average Bonchev–Trinajstić information content (AvgIpc) is 3.94. The number of hydrogen-bond donors (Lipinski definition) is 0. The van der Waals surface area contributed by atoms with Gasteiger partial charge in [-0.15, -0.1) is 0 Å². The minimum atomic E-state index is -0.148. The van der Waals surface area contributed by atoms with E-state index in [1.165, 1.54) is 78.0 Å². The Morgan fingerprint density at radius 1 is 0.500 bits per heavy atom. The molecule has 1 aliphatic carbocycles. The number of furan rings is 2. The summed E-state index contributed by atoms with van der Waals surface area (Å²) in [4.78, 5) is 2.68.